The Labute approximate surface area is 117 Å². The molecule has 1 saturated carbocycles. The fraction of sp³-hybridized carbons (Fsp3) is 0.467. The van der Waals surface area contributed by atoms with Gasteiger partial charge in [-0.1, -0.05) is 0 Å². The van der Waals surface area contributed by atoms with Crippen molar-refractivity contribution in [3.05, 3.63) is 35.7 Å². The number of aromatic nitrogens is 1. The molecule has 0 spiro atoms. The molecule has 0 amide bonds. The fourth-order valence-corrected chi connectivity index (χ4v) is 2.20. The Morgan fingerprint density at radius 3 is 2.90 bits per heavy atom. The molecule has 0 saturated heterocycles. The van der Waals surface area contributed by atoms with Crippen LogP contribution in [0.25, 0.3) is 0 Å². The average molecular weight is 275 g/mol. The Morgan fingerprint density at radius 2 is 2.25 bits per heavy atom. The molecule has 0 bridgehead atoms. The van der Waals surface area contributed by atoms with Gasteiger partial charge in [-0.3, -0.25) is 0 Å². The smallest absolute Gasteiger partial charge is 0.335 e. The number of hydrogen-bond donors (Lipinski definition) is 1. The van der Waals surface area contributed by atoms with E-state index >= 15 is 0 Å². The first kappa shape index (κ1) is 13.0. The number of allylic oxidation sites excluding steroid dienone is 1. The number of aromatic carboxylic acids is 1. The van der Waals surface area contributed by atoms with E-state index in [4.69, 9.17) is 14.6 Å². The zero-order chi connectivity index (χ0) is 13.9. The van der Waals surface area contributed by atoms with E-state index in [2.05, 4.69) is 4.98 Å². The Hall–Kier alpha value is -2.04. The molecule has 5 heteroatoms. The summed E-state index contributed by atoms with van der Waals surface area (Å²) in [4.78, 5) is 15.5. The topological polar surface area (TPSA) is 68.7 Å². The van der Waals surface area contributed by atoms with E-state index in [1.807, 2.05) is 6.08 Å². The molecular formula is C15H17NO4. The maximum Gasteiger partial charge on any atom is 0.335 e. The molecule has 106 valence electrons. The van der Waals surface area contributed by atoms with Crippen molar-refractivity contribution in [3.8, 4) is 5.88 Å². The average Bonchev–Trinajstić information content (AvgIpc) is 3.30. The summed E-state index contributed by atoms with van der Waals surface area (Å²) in [5, 5.41) is 9.14. The van der Waals surface area contributed by atoms with Gasteiger partial charge in [0.25, 0.3) is 0 Å². The first-order valence-electron chi connectivity index (χ1n) is 6.91. The van der Waals surface area contributed by atoms with Gasteiger partial charge in [0, 0.05) is 17.7 Å². The second-order valence-electron chi connectivity index (χ2n) is 5.22. The summed E-state index contributed by atoms with van der Waals surface area (Å²) in [5.74, 6) is -0.175. The predicted molar refractivity (Wildman–Crippen MR) is 71.9 cm³/mol. The molecule has 1 atom stereocenters. The van der Waals surface area contributed by atoms with E-state index in [0.29, 0.717) is 18.4 Å². The highest BCUT2D eigenvalue weighted by atomic mass is 16.5. The summed E-state index contributed by atoms with van der Waals surface area (Å²) in [6.07, 6.45) is 7.71. The molecule has 3 rings (SSSR count). The summed E-state index contributed by atoms with van der Waals surface area (Å²) < 4.78 is 11.0. The standard InChI is InChI=1S/C15H17NO4/c17-15(18)11-7-13(10-4-5-10)16-14(8-11)20-9-12-3-1-2-6-19-12/h2,6-8,10,12H,1,3-5,9H2,(H,17,18). The highest BCUT2D eigenvalue weighted by molar-refractivity contribution is 5.88. The number of ether oxygens (including phenoxy) is 2. The Morgan fingerprint density at radius 1 is 1.40 bits per heavy atom. The van der Waals surface area contributed by atoms with Gasteiger partial charge < -0.3 is 14.6 Å². The molecular weight excluding hydrogens is 258 g/mol. The highest BCUT2D eigenvalue weighted by Crippen LogP contribution is 2.40. The monoisotopic (exact) mass is 275 g/mol. The molecule has 20 heavy (non-hydrogen) atoms. The number of rotatable bonds is 5. The second-order valence-corrected chi connectivity index (χ2v) is 5.22. The van der Waals surface area contributed by atoms with Gasteiger partial charge in [-0.25, -0.2) is 9.78 Å². The lowest BCUT2D eigenvalue weighted by atomic mass is 10.1. The molecule has 1 unspecified atom stereocenters. The van der Waals surface area contributed by atoms with Gasteiger partial charge in [-0.2, -0.15) is 0 Å². The molecule has 1 aliphatic carbocycles. The molecule has 0 radical (unpaired) electrons. The minimum Gasteiger partial charge on any atom is -0.495 e. The fourth-order valence-electron chi connectivity index (χ4n) is 2.20. The van der Waals surface area contributed by atoms with Crippen molar-refractivity contribution in [2.24, 2.45) is 0 Å². The third kappa shape index (κ3) is 3.10. The molecule has 1 aromatic heterocycles. The molecule has 5 nitrogen and oxygen atoms in total. The molecule has 2 heterocycles. The highest BCUT2D eigenvalue weighted by Gasteiger charge is 2.27. The van der Waals surface area contributed by atoms with Crippen LogP contribution in [0.5, 0.6) is 5.88 Å². The Bertz CT molecular complexity index is 537. The van der Waals surface area contributed by atoms with E-state index in [1.165, 1.54) is 6.07 Å². The van der Waals surface area contributed by atoms with Crippen LogP contribution in [0.4, 0.5) is 0 Å². The lowest BCUT2D eigenvalue weighted by Gasteiger charge is -2.19. The van der Waals surface area contributed by atoms with Gasteiger partial charge >= 0.3 is 5.97 Å². The zero-order valence-corrected chi connectivity index (χ0v) is 11.1. The number of pyridine rings is 1. The lowest BCUT2D eigenvalue weighted by Crippen LogP contribution is -2.22. The Balaban J connectivity index is 1.70. The molecule has 1 aliphatic heterocycles. The van der Waals surface area contributed by atoms with Crippen LogP contribution in [-0.2, 0) is 4.74 Å². The number of carboxylic acids is 1. The third-order valence-electron chi connectivity index (χ3n) is 3.50. The van der Waals surface area contributed by atoms with E-state index in [1.54, 1.807) is 12.3 Å². The Kier molecular flexibility index (Phi) is 3.58. The quantitative estimate of drug-likeness (QED) is 0.894. The summed E-state index contributed by atoms with van der Waals surface area (Å²) >= 11 is 0. The lowest BCUT2D eigenvalue weighted by molar-refractivity contribution is 0.0685. The molecule has 0 aromatic carbocycles. The van der Waals surface area contributed by atoms with Crippen LogP contribution >= 0.6 is 0 Å². The van der Waals surface area contributed by atoms with Gasteiger partial charge in [0.05, 0.1) is 11.8 Å². The van der Waals surface area contributed by atoms with Crippen LogP contribution in [0.3, 0.4) is 0 Å². The van der Waals surface area contributed by atoms with Crippen LogP contribution < -0.4 is 4.74 Å². The summed E-state index contributed by atoms with van der Waals surface area (Å²) in [6, 6.07) is 3.12. The second kappa shape index (κ2) is 5.53. The molecule has 1 fully saturated rings. The van der Waals surface area contributed by atoms with E-state index < -0.39 is 5.97 Å². The van der Waals surface area contributed by atoms with E-state index in [-0.39, 0.29) is 11.7 Å². The van der Waals surface area contributed by atoms with Crippen molar-refractivity contribution in [1.29, 1.82) is 0 Å². The molecule has 2 aliphatic rings. The van der Waals surface area contributed by atoms with Crippen LogP contribution in [0, 0.1) is 0 Å². The SMILES string of the molecule is O=C(O)c1cc(OCC2CCC=CO2)nc(C2CC2)c1. The normalized spacial score (nSPS) is 21.3. The number of carbonyl (C=O) groups is 1. The van der Waals surface area contributed by atoms with Crippen molar-refractivity contribution in [2.45, 2.75) is 37.7 Å². The van der Waals surface area contributed by atoms with Gasteiger partial charge in [-0.05, 0) is 37.8 Å². The van der Waals surface area contributed by atoms with Gasteiger partial charge in [-0.15, -0.1) is 0 Å². The van der Waals surface area contributed by atoms with Gasteiger partial charge in [0.1, 0.15) is 12.7 Å². The summed E-state index contributed by atoms with van der Waals surface area (Å²) in [6.45, 7) is 0.393. The first-order valence-corrected chi connectivity index (χ1v) is 6.91. The maximum atomic E-state index is 11.1. The van der Waals surface area contributed by atoms with Crippen LogP contribution in [0.1, 0.15) is 47.7 Å². The van der Waals surface area contributed by atoms with E-state index in [9.17, 15) is 4.79 Å². The third-order valence-corrected chi connectivity index (χ3v) is 3.50. The van der Waals surface area contributed by atoms with Crippen LogP contribution in [0.15, 0.2) is 24.5 Å². The van der Waals surface area contributed by atoms with E-state index in [0.717, 1.165) is 31.4 Å². The van der Waals surface area contributed by atoms with Crippen molar-refractivity contribution in [2.75, 3.05) is 6.61 Å². The summed E-state index contributed by atoms with van der Waals surface area (Å²) in [7, 11) is 0. The van der Waals surface area contributed by atoms with Crippen LogP contribution in [-0.4, -0.2) is 28.8 Å². The number of hydrogen-bond acceptors (Lipinski definition) is 4. The van der Waals surface area contributed by atoms with Crippen molar-refractivity contribution in [3.63, 3.8) is 0 Å². The summed E-state index contributed by atoms with van der Waals surface area (Å²) in [5.41, 5.74) is 1.06. The molecule has 1 aromatic rings. The minimum absolute atomic E-state index is 0.0136. The number of nitrogens with zero attached hydrogens (tertiary/aromatic N) is 1. The van der Waals surface area contributed by atoms with Crippen LogP contribution in [0.2, 0.25) is 0 Å². The largest absolute Gasteiger partial charge is 0.495 e. The van der Waals surface area contributed by atoms with Gasteiger partial charge in [0.2, 0.25) is 5.88 Å². The minimum atomic E-state index is -0.948. The zero-order valence-electron chi connectivity index (χ0n) is 11.1. The molecule has 1 N–H and O–H groups in total. The predicted octanol–water partition coefficient (Wildman–Crippen LogP) is 2.73. The van der Waals surface area contributed by atoms with Crippen molar-refractivity contribution >= 4 is 5.97 Å². The van der Waals surface area contributed by atoms with Crippen molar-refractivity contribution < 1.29 is 19.4 Å². The first-order chi connectivity index (χ1) is 9.72. The van der Waals surface area contributed by atoms with Crippen molar-refractivity contribution in [1.82, 2.24) is 4.98 Å². The van der Waals surface area contributed by atoms with Gasteiger partial charge in [0.15, 0.2) is 0 Å². The maximum absolute atomic E-state index is 11.1. The number of carboxylic acid groups (broad SMARTS) is 1.